The van der Waals surface area contributed by atoms with Crippen molar-refractivity contribution in [3.8, 4) is 50.2 Å². The lowest BCUT2D eigenvalue weighted by Gasteiger charge is -2.36. The predicted octanol–water partition coefficient (Wildman–Crippen LogP) is 12.9. The first-order chi connectivity index (χ1) is 28.7. The van der Waals surface area contributed by atoms with Crippen LogP contribution in [0.1, 0.15) is 5.56 Å². The van der Waals surface area contributed by atoms with Gasteiger partial charge in [0.15, 0.2) is 0 Å². The average Bonchev–Trinajstić information content (AvgIpc) is 3.82. The normalized spacial score (nSPS) is 12.9. The minimum Gasteiger partial charge on any atom is -0.375 e. The highest BCUT2D eigenvalue weighted by molar-refractivity contribution is 6.90. The van der Waals surface area contributed by atoms with Gasteiger partial charge < -0.3 is 9.05 Å². The first-order valence-electron chi connectivity index (χ1n) is 20.4. The van der Waals surface area contributed by atoms with Crippen LogP contribution >= 0.6 is 0 Å². The van der Waals surface area contributed by atoms with Crippen molar-refractivity contribution in [3.05, 3.63) is 188 Å². The highest BCUT2D eigenvalue weighted by Crippen LogP contribution is 2.48. The van der Waals surface area contributed by atoms with Gasteiger partial charge in [-0.25, -0.2) is 0 Å². The van der Waals surface area contributed by atoms with Gasteiger partial charge in [-0.3, -0.25) is 0 Å². The SMILES string of the molecule is Cc1c(-c2cc(-c3ccccc3)cc(-c3ccccc3)c2)cc2c3c1-c1cccc4c5c6ccccc6ccc5n(c14)B3c1ccc3ccc4cccc5c4c3c1n5-2. The first kappa shape index (κ1) is 30.8. The predicted molar refractivity (Wildman–Crippen MR) is 247 cm³/mol. The molecule has 3 heteroatoms. The van der Waals surface area contributed by atoms with Gasteiger partial charge in [-0.2, -0.15) is 0 Å². The Morgan fingerprint density at radius 2 is 1.05 bits per heavy atom. The molecular weight excluding hydrogens is 699 g/mol. The zero-order valence-electron chi connectivity index (χ0n) is 31.8. The van der Waals surface area contributed by atoms with Crippen LogP contribution in [0.2, 0.25) is 0 Å². The minimum atomic E-state index is 0.00423. The molecule has 58 heavy (non-hydrogen) atoms. The zero-order valence-corrected chi connectivity index (χ0v) is 31.8. The summed E-state index contributed by atoms with van der Waals surface area (Å²) in [6.45, 7) is 2.38. The van der Waals surface area contributed by atoms with Crippen LogP contribution in [0.5, 0.6) is 0 Å². The van der Waals surface area contributed by atoms with Crippen LogP contribution in [-0.4, -0.2) is 15.9 Å². The first-order valence-corrected chi connectivity index (χ1v) is 20.4. The van der Waals surface area contributed by atoms with E-state index in [9.17, 15) is 0 Å². The van der Waals surface area contributed by atoms with Crippen molar-refractivity contribution in [1.82, 2.24) is 9.05 Å². The van der Waals surface area contributed by atoms with E-state index in [1.165, 1.54) is 132 Å². The van der Waals surface area contributed by atoms with Gasteiger partial charge in [0.05, 0.1) is 11.0 Å². The zero-order chi connectivity index (χ0) is 37.8. The maximum Gasteiger partial charge on any atom is 0.333 e. The molecule has 0 atom stereocenters. The van der Waals surface area contributed by atoms with Crippen LogP contribution in [0.4, 0.5) is 0 Å². The van der Waals surface area contributed by atoms with E-state index in [1.54, 1.807) is 0 Å². The lowest BCUT2D eigenvalue weighted by Crippen LogP contribution is -2.55. The van der Waals surface area contributed by atoms with E-state index in [0.29, 0.717) is 0 Å². The van der Waals surface area contributed by atoms with Crippen molar-refractivity contribution in [2.45, 2.75) is 6.92 Å². The molecule has 0 spiro atoms. The highest BCUT2D eigenvalue weighted by Gasteiger charge is 2.43. The molecule has 2 aromatic heterocycles. The Bertz CT molecular complexity index is 3680. The molecule has 4 heterocycles. The second kappa shape index (κ2) is 10.9. The average molecular weight is 733 g/mol. The Labute approximate surface area is 335 Å². The van der Waals surface area contributed by atoms with E-state index in [-0.39, 0.29) is 6.85 Å². The van der Waals surface area contributed by atoms with E-state index < -0.39 is 0 Å². The Hall–Kier alpha value is -7.36. The molecule has 0 saturated carbocycles. The van der Waals surface area contributed by atoms with Crippen LogP contribution in [0.3, 0.4) is 0 Å². The number of rotatable bonds is 3. The van der Waals surface area contributed by atoms with Crippen molar-refractivity contribution >= 4 is 82.9 Å². The van der Waals surface area contributed by atoms with Crippen molar-refractivity contribution < 1.29 is 0 Å². The van der Waals surface area contributed by atoms with E-state index >= 15 is 0 Å². The third kappa shape index (κ3) is 3.79. The van der Waals surface area contributed by atoms with E-state index in [1.807, 2.05) is 0 Å². The third-order valence-corrected chi connectivity index (χ3v) is 13.6. The van der Waals surface area contributed by atoms with Gasteiger partial charge in [0, 0.05) is 43.8 Å². The molecule has 14 rings (SSSR count). The second-order valence-electron chi connectivity index (χ2n) is 16.4. The summed E-state index contributed by atoms with van der Waals surface area (Å²) < 4.78 is 5.34. The van der Waals surface area contributed by atoms with Gasteiger partial charge in [0.2, 0.25) is 0 Å². The molecule has 0 radical (unpaired) electrons. The van der Waals surface area contributed by atoms with Gasteiger partial charge >= 0.3 is 6.85 Å². The Morgan fingerprint density at radius 1 is 0.414 bits per heavy atom. The molecule has 12 aromatic rings. The molecule has 0 fully saturated rings. The van der Waals surface area contributed by atoms with Crippen molar-refractivity contribution in [3.63, 3.8) is 0 Å². The number of hydrogen-bond acceptors (Lipinski definition) is 0. The molecule has 0 aliphatic carbocycles. The van der Waals surface area contributed by atoms with Gasteiger partial charge in [-0.05, 0) is 120 Å². The van der Waals surface area contributed by atoms with E-state index in [2.05, 4.69) is 198 Å². The maximum absolute atomic E-state index is 2.71. The summed E-state index contributed by atoms with van der Waals surface area (Å²) in [7, 11) is 0. The van der Waals surface area contributed by atoms with Crippen molar-refractivity contribution in [2.75, 3.05) is 0 Å². The topological polar surface area (TPSA) is 9.86 Å². The number of benzene rings is 10. The molecule has 2 nitrogen and oxygen atoms in total. The monoisotopic (exact) mass is 732 g/mol. The summed E-state index contributed by atoms with van der Waals surface area (Å²) in [6, 6.07) is 68.4. The summed E-state index contributed by atoms with van der Waals surface area (Å²) in [5, 5.41) is 10.6. The summed E-state index contributed by atoms with van der Waals surface area (Å²) in [6.07, 6.45) is 0. The smallest absolute Gasteiger partial charge is 0.333 e. The number of fused-ring (bicyclic) bond motifs is 10. The molecule has 0 amide bonds. The Balaban J connectivity index is 1.18. The number of para-hydroxylation sites is 1. The summed E-state index contributed by atoms with van der Waals surface area (Å²) in [5.41, 5.74) is 20.7. The minimum absolute atomic E-state index is 0.00423. The van der Waals surface area contributed by atoms with Gasteiger partial charge in [-0.1, -0.05) is 146 Å². The molecule has 2 aliphatic rings. The van der Waals surface area contributed by atoms with Gasteiger partial charge in [-0.15, -0.1) is 0 Å². The molecule has 10 aromatic carbocycles. The molecule has 0 bridgehead atoms. The highest BCUT2D eigenvalue weighted by atomic mass is 15.0. The Morgan fingerprint density at radius 3 is 1.84 bits per heavy atom. The van der Waals surface area contributed by atoms with Crippen LogP contribution in [0, 0.1) is 6.92 Å². The van der Waals surface area contributed by atoms with Gasteiger partial charge in [0.1, 0.15) is 0 Å². The van der Waals surface area contributed by atoms with E-state index in [4.69, 9.17) is 0 Å². The number of nitrogens with zero attached hydrogens (tertiary/aromatic N) is 2. The molecule has 266 valence electrons. The van der Waals surface area contributed by atoms with Crippen LogP contribution in [0.25, 0.3) is 115 Å². The fourth-order valence-corrected chi connectivity index (χ4v) is 11.2. The molecule has 2 aliphatic heterocycles. The number of hydrogen-bond donors (Lipinski definition) is 0. The second-order valence-corrected chi connectivity index (χ2v) is 16.4. The molecule has 0 saturated heterocycles. The van der Waals surface area contributed by atoms with Crippen molar-refractivity contribution in [2.24, 2.45) is 0 Å². The molecule has 0 N–H and O–H groups in total. The maximum atomic E-state index is 2.71. The lowest BCUT2D eigenvalue weighted by molar-refractivity contribution is 1.17. The fraction of sp³-hybridized carbons (Fsp3) is 0.0182. The molecular formula is C55H33BN2. The molecule has 0 unspecified atom stereocenters. The van der Waals surface area contributed by atoms with Gasteiger partial charge in [0.25, 0.3) is 0 Å². The van der Waals surface area contributed by atoms with Crippen LogP contribution in [0.15, 0.2) is 182 Å². The Kier molecular flexibility index (Phi) is 5.81. The summed E-state index contributed by atoms with van der Waals surface area (Å²) in [5.74, 6) is 0. The standard InChI is InChI=1S/C55H33BN2/c1-32-44(40-29-38(33-12-4-2-5-13-33)28-39(30-40)34-14-6-3-7-15-34)31-48-53-49(32)42-19-11-20-43-52-41-18-9-8-16-35(41)25-27-47(52)58(54(42)43)56(53)45-26-24-37-23-22-36-17-10-21-46-50(36)51(37)55(45)57(46)48/h2-31H,1H3. The third-order valence-electron chi connectivity index (χ3n) is 13.6. The van der Waals surface area contributed by atoms with Crippen LogP contribution in [-0.2, 0) is 0 Å². The van der Waals surface area contributed by atoms with Crippen LogP contribution < -0.4 is 10.9 Å². The fourth-order valence-electron chi connectivity index (χ4n) is 11.2. The summed E-state index contributed by atoms with van der Waals surface area (Å²) >= 11 is 0. The quantitative estimate of drug-likeness (QED) is 0.126. The summed E-state index contributed by atoms with van der Waals surface area (Å²) in [4.78, 5) is 0. The lowest BCUT2D eigenvalue weighted by atomic mass is 9.45. The van der Waals surface area contributed by atoms with E-state index in [0.717, 1.165) is 0 Å². The van der Waals surface area contributed by atoms with Crippen molar-refractivity contribution in [1.29, 1.82) is 0 Å². The number of aromatic nitrogens is 2. The largest absolute Gasteiger partial charge is 0.375 e.